The molecule has 3 nitrogen and oxygen atoms in total. The molecule has 0 saturated carbocycles. The first-order chi connectivity index (χ1) is 11.7. The van der Waals surface area contributed by atoms with Crippen LogP contribution in [-0.2, 0) is 12.4 Å². The van der Waals surface area contributed by atoms with Crippen molar-refractivity contribution in [2.75, 3.05) is 0 Å². The van der Waals surface area contributed by atoms with Gasteiger partial charge in [-0.2, -0.15) is 0 Å². The van der Waals surface area contributed by atoms with E-state index < -0.39 is 0 Å². The number of nitrogens with zero attached hydrogens (tertiary/aromatic N) is 3. The third-order valence-electron chi connectivity index (χ3n) is 4.07. The van der Waals surface area contributed by atoms with E-state index in [2.05, 4.69) is 4.98 Å². The summed E-state index contributed by atoms with van der Waals surface area (Å²) in [5, 5.41) is 1.30. The summed E-state index contributed by atoms with van der Waals surface area (Å²) in [4.78, 5) is 9.21. The minimum absolute atomic E-state index is 0.349. The van der Waals surface area contributed by atoms with Crippen molar-refractivity contribution in [3.05, 3.63) is 81.4 Å². The summed E-state index contributed by atoms with van der Waals surface area (Å²) in [6.45, 7) is 0.481. The predicted octanol–water partition coefficient (Wildman–Crippen LogP) is 5.27. The van der Waals surface area contributed by atoms with E-state index in [1.807, 2.05) is 47.0 Å². The summed E-state index contributed by atoms with van der Waals surface area (Å²) in [6, 6.07) is 13.4. The van der Waals surface area contributed by atoms with Crippen molar-refractivity contribution in [1.29, 1.82) is 0 Å². The van der Waals surface area contributed by atoms with E-state index in [1.165, 1.54) is 0 Å². The van der Waals surface area contributed by atoms with E-state index in [9.17, 15) is 0 Å². The molecule has 0 aliphatic carbocycles. The SMILES string of the molecule is ClCc1ncn2c1CN=C(c1ccccc1Cl)c1cc(Cl)ccc1-2. The smallest absolute Gasteiger partial charge is 0.0999 e. The zero-order valence-electron chi connectivity index (χ0n) is 12.5. The van der Waals surface area contributed by atoms with Crippen LogP contribution in [0.15, 0.2) is 53.8 Å². The fraction of sp³-hybridized carbons (Fsp3) is 0.111. The van der Waals surface area contributed by atoms with Crippen LogP contribution in [-0.4, -0.2) is 15.3 Å². The number of benzene rings is 2. The van der Waals surface area contributed by atoms with Gasteiger partial charge in [-0.25, -0.2) is 4.98 Å². The summed E-state index contributed by atoms with van der Waals surface area (Å²) in [7, 11) is 0. The number of hydrogen-bond donors (Lipinski definition) is 0. The van der Waals surface area contributed by atoms with Gasteiger partial charge in [0, 0.05) is 21.2 Å². The van der Waals surface area contributed by atoms with E-state index in [0.29, 0.717) is 22.5 Å². The van der Waals surface area contributed by atoms with Gasteiger partial charge in [-0.1, -0.05) is 41.4 Å². The predicted molar refractivity (Wildman–Crippen MR) is 98.9 cm³/mol. The van der Waals surface area contributed by atoms with E-state index in [-0.39, 0.29) is 0 Å². The standard InChI is InChI=1S/C18H12Cl3N3/c19-8-15-17-9-22-18(12-3-1-2-4-14(12)21)13-7-11(20)5-6-16(13)24(17)10-23-15/h1-7,10H,8-9H2. The Hall–Kier alpha value is -1.81. The number of halogens is 3. The summed E-state index contributed by atoms with van der Waals surface area (Å²) in [6.07, 6.45) is 1.78. The number of alkyl halides is 1. The Morgan fingerprint density at radius 2 is 1.88 bits per heavy atom. The molecule has 1 aliphatic heterocycles. The molecule has 120 valence electrons. The topological polar surface area (TPSA) is 30.2 Å². The Morgan fingerprint density at radius 3 is 2.67 bits per heavy atom. The molecule has 4 rings (SSSR count). The Balaban J connectivity index is 2.00. The first-order valence-corrected chi connectivity index (χ1v) is 8.69. The number of fused-ring (bicyclic) bond motifs is 3. The van der Waals surface area contributed by atoms with Crippen molar-refractivity contribution in [1.82, 2.24) is 9.55 Å². The third-order valence-corrected chi connectivity index (χ3v) is 4.89. The van der Waals surface area contributed by atoms with Gasteiger partial charge in [0.1, 0.15) is 0 Å². The highest BCUT2D eigenvalue weighted by Gasteiger charge is 2.22. The van der Waals surface area contributed by atoms with Gasteiger partial charge < -0.3 is 4.57 Å². The summed E-state index contributed by atoms with van der Waals surface area (Å²) >= 11 is 18.7. The second kappa shape index (κ2) is 6.25. The lowest BCUT2D eigenvalue weighted by molar-refractivity contribution is 0.912. The second-order valence-corrected chi connectivity index (χ2v) is 6.56. The van der Waals surface area contributed by atoms with Crippen LogP contribution >= 0.6 is 34.8 Å². The van der Waals surface area contributed by atoms with Crippen LogP contribution in [0, 0.1) is 0 Å². The zero-order valence-corrected chi connectivity index (χ0v) is 14.8. The lowest BCUT2D eigenvalue weighted by Gasteiger charge is -2.13. The quantitative estimate of drug-likeness (QED) is 0.560. The fourth-order valence-electron chi connectivity index (χ4n) is 2.93. The number of aromatic nitrogens is 2. The average molecular weight is 377 g/mol. The molecule has 1 aliphatic rings. The fourth-order valence-corrected chi connectivity index (χ4v) is 3.55. The molecule has 2 heterocycles. The van der Waals surface area contributed by atoms with E-state index >= 15 is 0 Å². The van der Waals surface area contributed by atoms with E-state index in [1.54, 1.807) is 6.33 Å². The van der Waals surface area contributed by atoms with Crippen LogP contribution in [0.1, 0.15) is 22.5 Å². The maximum Gasteiger partial charge on any atom is 0.0999 e. The number of imidazole rings is 1. The van der Waals surface area contributed by atoms with Gasteiger partial charge in [0.15, 0.2) is 0 Å². The molecule has 2 aromatic carbocycles. The van der Waals surface area contributed by atoms with Gasteiger partial charge in [0.2, 0.25) is 0 Å². The molecule has 0 N–H and O–H groups in total. The Bertz CT molecular complexity index is 960. The van der Waals surface area contributed by atoms with Crippen LogP contribution in [0.25, 0.3) is 5.69 Å². The van der Waals surface area contributed by atoms with Crippen molar-refractivity contribution in [3.8, 4) is 5.69 Å². The van der Waals surface area contributed by atoms with Crippen molar-refractivity contribution < 1.29 is 0 Å². The first-order valence-electron chi connectivity index (χ1n) is 7.39. The lowest BCUT2D eigenvalue weighted by Crippen LogP contribution is -2.07. The number of aliphatic imine (C=N–C) groups is 1. The van der Waals surface area contributed by atoms with Crippen LogP contribution in [0.3, 0.4) is 0 Å². The minimum atomic E-state index is 0.349. The summed E-state index contributed by atoms with van der Waals surface area (Å²) in [5.41, 5.74) is 5.41. The van der Waals surface area contributed by atoms with Crippen LogP contribution in [0.2, 0.25) is 10.0 Å². The van der Waals surface area contributed by atoms with Crippen LogP contribution in [0.5, 0.6) is 0 Å². The second-order valence-electron chi connectivity index (χ2n) is 5.45. The molecule has 0 saturated heterocycles. The van der Waals surface area contributed by atoms with Gasteiger partial charge in [-0.15, -0.1) is 11.6 Å². The Kier molecular flexibility index (Phi) is 4.09. The van der Waals surface area contributed by atoms with Crippen molar-refractivity contribution in [2.24, 2.45) is 4.99 Å². The molecule has 1 aromatic heterocycles. The van der Waals surface area contributed by atoms with Crippen molar-refractivity contribution in [2.45, 2.75) is 12.4 Å². The Labute approximate surface area is 154 Å². The summed E-state index contributed by atoms with van der Waals surface area (Å²) < 4.78 is 2.02. The highest BCUT2D eigenvalue weighted by molar-refractivity contribution is 6.36. The number of rotatable bonds is 2. The molecule has 6 heteroatoms. The normalized spacial score (nSPS) is 13.0. The van der Waals surface area contributed by atoms with Gasteiger partial charge in [-0.05, 0) is 24.3 Å². The third kappa shape index (κ3) is 2.53. The molecule has 0 amide bonds. The van der Waals surface area contributed by atoms with Gasteiger partial charge in [0.05, 0.1) is 41.5 Å². The molecule has 24 heavy (non-hydrogen) atoms. The maximum absolute atomic E-state index is 6.41. The molecule has 3 aromatic rings. The molecule has 0 unspecified atom stereocenters. The van der Waals surface area contributed by atoms with Crippen LogP contribution in [0.4, 0.5) is 0 Å². The van der Waals surface area contributed by atoms with Crippen molar-refractivity contribution in [3.63, 3.8) is 0 Å². The maximum atomic E-state index is 6.41. The largest absolute Gasteiger partial charge is 0.300 e. The molecule has 0 bridgehead atoms. The molecular weight excluding hydrogens is 365 g/mol. The molecule has 0 radical (unpaired) electrons. The molecular formula is C18H12Cl3N3. The Morgan fingerprint density at radius 1 is 1.04 bits per heavy atom. The first kappa shape index (κ1) is 15.7. The van der Waals surface area contributed by atoms with Gasteiger partial charge in [0.25, 0.3) is 0 Å². The van der Waals surface area contributed by atoms with Crippen molar-refractivity contribution >= 4 is 40.5 Å². The molecule has 0 fully saturated rings. The lowest BCUT2D eigenvalue weighted by atomic mass is 10.0. The highest BCUT2D eigenvalue weighted by Crippen LogP contribution is 2.31. The van der Waals surface area contributed by atoms with E-state index in [4.69, 9.17) is 39.8 Å². The monoisotopic (exact) mass is 375 g/mol. The zero-order chi connectivity index (χ0) is 16.7. The molecule has 0 spiro atoms. The van der Waals surface area contributed by atoms with Gasteiger partial charge >= 0.3 is 0 Å². The summed E-state index contributed by atoms with van der Waals surface area (Å²) in [5.74, 6) is 0.349. The van der Waals surface area contributed by atoms with Gasteiger partial charge in [-0.3, -0.25) is 4.99 Å². The molecule has 0 atom stereocenters. The minimum Gasteiger partial charge on any atom is -0.300 e. The number of hydrogen-bond acceptors (Lipinski definition) is 2. The van der Waals surface area contributed by atoms with Crippen LogP contribution < -0.4 is 0 Å². The average Bonchev–Trinajstić information content (AvgIpc) is 2.92. The highest BCUT2D eigenvalue weighted by atomic mass is 35.5. The van der Waals surface area contributed by atoms with E-state index in [0.717, 1.165) is 33.9 Å².